The second-order valence-electron chi connectivity index (χ2n) is 5.34. The van der Waals surface area contributed by atoms with Crippen LogP contribution in [0.5, 0.6) is 17.2 Å². The normalized spacial score (nSPS) is 10.5. The predicted molar refractivity (Wildman–Crippen MR) is 100 cm³/mol. The van der Waals surface area contributed by atoms with Crippen LogP contribution in [0, 0.1) is 12.4 Å². The van der Waals surface area contributed by atoms with Crippen LogP contribution in [0.2, 0.25) is 5.02 Å². The molecule has 0 aliphatic rings. The van der Waals surface area contributed by atoms with Gasteiger partial charge in [0.05, 0.1) is 11.0 Å². The van der Waals surface area contributed by atoms with Crippen molar-refractivity contribution in [3.8, 4) is 17.2 Å². The number of halogens is 3. The molecule has 10 heteroatoms. The first-order valence-corrected chi connectivity index (χ1v) is 8.63. The molecule has 0 saturated carbocycles. The molecule has 0 amide bonds. The molecule has 1 N–H and O–H groups in total. The highest BCUT2D eigenvalue weighted by molar-refractivity contribution is 9.10. The van der Waals surface area contributed by atoms with Gasteiger partial charge in [-0.3, -0.25) is 4.57 Å². The minimum Gasteiger partial charge on any atom is -0.482 e. The van der Waals surface area contributed by atoms with E-state index in [-0.39, 0.29) is 39.0 Å². The van der Waals surface area contributed by atoms with E-state index >= 15 is 0 Å². The molecule has 0 bridgehead atoms. The molecule has 0 unspecified atom stereocenters. The smallest absolute Gasteiger partial charge is 0.343 e. The Balaban J connectivity index is 1.93. The number of nitrogens with zero attached hydrogens (tertiary/aromatic N) is 3. The van der Waals surface area contributed by atoms with Gasteiger partial charge in [0, 0.05) is 12.1 Å². The van der Waals surface area contributed by atoms with Gasteiger partial charge in [0.2, 0.25) is 5.75 Å². The van der Waals surface area contributed by atoms with E-state index < -0.39 is 11.5 Å². The highest BCUT2D eigenvalue weighted by atomic mass is 79.9. The van der Waals surface area contributed by atoms with Crippen LogP contribution < -0.4 is 15.2 Å². The van der Waals surface area contributed by atoms with Crippen molar-refractivity contribution < 1.29 is 13.9 Å². The molecule has 0 radical (unpaired) electrons. The fourth-order valence-electron chi connectivity index (χ4n) is 2.16. The van der Waals surface area contributed by atoms with E-state index in [1.54, 1.807) is 0 Å². The Kier molecular flexibility index (Phi) is 5.48. The highest BCUT2D eigenvalue weighted by Crippen LogP contribution is 2.39. The average Bonchev–Trinajstić information content (AvgIpc) is 2.96. The third-order valence-corrected chi connectivity index (χ3v) is 4.38. The van der Waals surface area contributed by atoms with E-state index in [0.29, 0.717) is 5.82 Å². The van der Waals surface area contributed by atoms with Crippen LogP contribution in [-0.2, 0) is 13.7 Å². The van der Waals surface area contributed by atoms with Crippen molar-refractivity contribution in [3.63, 3.8) is 0 Å². The van der Waals surface area contributed by atoms with Crippen molar-refractivity contribution in [2.75, 3.05) is 0 Å². The molecule has 0 saturated heterocycles. The molecule has 1 aromatic heterocycles. The zero-order chi connectivity index (χ0) is 19.6. The Morgan fingerprint density at radius 3 is 2.85 bits per heavy atom. The number of nitrogens with one attached hydrogen (secondary N) is 1. The molecule has 0 aliphatic carbocycles. The van der Waals surface area contributed by atoms with Crippen LogP contribution in [-0.4, -0.2) is 14.8 Å². The number of benzene rings is 2. The summed E-state index contributed by atoms with van der Waals surface area (Å²) in [5, 5.41) is 6.39. The second-order valence-corrected chi connectivity index (χ2v) is 6.63. The van der Waals surface area contributed by atoms with Crippen LogP contribution >= 0.6 is 27.5 Å². The van der Waals surface area contributed by atoms with E-state index in [1.165, 1.54) is 41.9 Å². The number of hydrogen-bond acceptors (Lipinski definition) is 4. The van der Waals surface area contributed by atoms with Crippen LogP contribution in [0.1, 0.15) is 5.82 Å². The Morgan fingerprint density at radius 2 is 2.19 bits per heavy atom. The quantitative estimate of drug-likeness (QED) is 0.574. The molecule has 0 spiro atoms. The van der Waals surface area contributed by atoms with Crippen molar-refractivity contribution in [2.24, 2.45) is 7.05 Å². The number of aromatic nitrogens is 3. The summed E-state index contributed by atoms with van der Waals surface area (Å²) in [5.74, 6) is -0.277. The molecule has 0 fully saturated rings. The first-order valence-electron chi connectivity index (χ1n) is 7.46. The topological polar surface area (TPSA) is 73.5 Å². The van der Waals surface area contributed by atoms with E-state index in [4.69, 9.17) is 27.6 Å². The SMILES string of the molecule is [C-]#[N+]c1cc(Cl)cc(Oc2c(OCc3n[nH]c(=O)n3C)ccc(Br)c2F)c1. The lowest BCUT2D eigenvalue weighted by molar-refractivity contribution is 0.274. The average molecular weight is 454 g/mol. The summed E-state index contributed by atoms with van der Waals surface area (Å²) in [6.45, 7) is 7.00. The molecule has 2 aromatic carbocycles. The van der Waals surface area contributed by atoms with Crippen LogP contribution in [0.25, 0.3) is 4.85 Å². The van der Waals surface area contributed by atoms with Crippen molar-refractivity contribution in [1.82, 2.24) is 14.8 Å². The maximum atomic E-state index is 14.6. The fraction of sp³-hybridized carbons (Fsp3) is 0.118. The lowest BCUT2D eigenvalue weighted by Crippen LogP contribution is -2.15. The summed E-state index contributed by atoms with van der Waals surface area (Å²) in [5.41, 5.74) is -0.139. The second kappa shape index (κ2) is 7.82. The number of hydrogen-bond donors (Lipinski definition) is 1. The standard InChI is InChI=1S/C17H11BrClFN4O3/c1-21-10-5-9(19)6-11(7-10)27-16-13(4-3-12(18)15(16)20)26-8-14-22-23-17(25)24(14)2/h3-7H,8H2,2H3,(H,23,25). The van der Waals surface area contributed by atoms with Crippen molar-refractivity contribution >= 4 is 33.2 Å². The van der Waals surface area contributed by atoms with Gasteiger partial charge in [-0.2, -0.15) is 5.10 Å². The molecule has 3 aromatic rings. The fourth-order valence-corrected chi connectivity index (χ4v) is 2.69. The van der Waals surface area contributed by atoms with Gasteiger partial charge >= 0.3 is 5.69 Å². The van der Waals surface area contributed by atoms with Gasteiger partial charge in [0.15, 0.2) is 23.1 Å². The molecule has 7 nitrogen and oxygen atoms in total. The summed E-state index contributed by atoms with van der Waals surface area (Å²) in [4.78, 5) is 14.7. The maximum Gasteiger partial charge on any atom is 0.343 e. The molecule has 1 heterocycles. The molecule has 0 aliphatic heterocycles. The van der Waals surface area contributed by atoms with Crippen LogP contribution in [0.4, 0.5) is 10.1 Å². The summed E-state index contributed by atoms with van der Waals surface area (Å²) in [7, 11) is 1.53. The Hall–Kier alpha value is -2.83. The number of ether oxygens (including phenoxy) is 2. The first-order chi connectivity index (χ1) is 12.9. The third-order valence-electron chi connectivity index (χ3n) is 3.55. The number of rotatable bonds is 5. The van der Waals surface area contributed by atoms with Gasteiger partial charge in [-0.15, -0.1) is 0 Å². The van der Waals surface area contributed by atoms with E-state index in [0.717, 1.165) is 0 Å². The van der Waals surface area contributed by atoms with E-state index in [2.05, 4.69) is 31.0 Å². The van der Waals surface area contributed by atoms with E-state index in [1.807, 2.05) is 0 Å². The summed E-state index contributed by atoms with van der Waals surface area (Å²) >= 11 is 9.06. The van der Waals surface area contributed by atoms with Crippen molar-refractivity contribution in [1.29, 1.82) is 0 Å². The van der Waals surface area contributed by atoms with Crippen molar-refractivity contribution in [2.45, 2.75) is 6.61 Å². The molecule has 27 heavy (non-hydrogen) atoms. The lowest BCUT2D eigenvalue weighted by Gasteiger charge is -2.14. The Bertz CT molecular complexity index is 1110. The van der Waals surface area contributed by atoms with Gasteiger partial charge in [0.25, 0.3) is 0 Å². The predicted octanol–water partition coefficient (Wildman–Crippen LogP) is 4.59. The number of H-pyrrole nitrogens is 1. The monoisotopic (exact) mass is 452 g/mol. The Morgan fingerprint density at radius 1 is 1.41 bits per heavy atom. The van der Waals surface area contributed by atoms with Gasteiger partial charge in [-0.25, -0.2) is 19.1 Å². The van der Waals surface area contributed by atoms with Gasteiger partial charge < -0.3 is 9.47 Å². The summed E-state index contributed by atoms with van der Waals surface area (Å²) in [6, 6.07) is 7.32. The van der Waals surface area contributed by atoms with Crippen LogP contribution in [0.3, 0.4) is 0 Å². The van der Waals surface area contributed by atoms with Gasteiger partial charge in [0.1, 0.15) is 12.4 Å². The zero-order valence-electron chi connectivity index (χ0n) is 13.8. The number of aromatic amines is 1. The van der Waals surface area contributed by atoms with Crippen molar-refractivity contribution in [3.05, 3.63) is 73.4 Å². The van der Waals surface area contributed by atoms with Crippen LogP contribution in [0.15, 0.2) is 39.6 Å². The molecular formula is C17H11BrClFN4O3. The first kappa shape index (κ1) is 18.9. The molecule has 0 atom stereocenters. The summed E-state index contributed by atoms with van der Waals surface area (Å²) < 4.78 is 27.3. The van der Waals surface area contributed by atoms with E-state index in [9.17, 15) is 9.18 Å². The third kappa shape index (κ3) is 4.13. The lowest BCUT2D eigenvalue weighted by atomic mass is 10.3. The highest BCUT2D eigenvalue weighted by Gasteiger charge is 2.18. The van der Waals surface area contributed by atoms with Gasteiger partial charge in [-0.05, 0) is 46.3 Å². The van der Waals surface area contributed by atoms with Gasteiger partial charge in [-0.1, -0.05) is 11.6 Å². The Labute approximate surface area is 166 Å². The minimum absolute atomic E-state index is 0.0878. The largest absolute Gasteiger partial charge is 0.482 e. The maximum absolute atomic E-state index is 14.6. The minimum atomic E-state index is -0.687. The molecule has 3 rings (SSSR count). The molecule has 138 valence electrons. The molecular weight excluding hydrogens is 443 g/mol. The zero-order valence-corrected chi connectivity index (χ0v) is 16.1. The summed E-state index contributed by atoms with van der Waals surface area (Å²) in [6.07, 6.45) is 0.